The van der Waals surface area contributed by atoms with Crippen LogP contribution in [0.2, 0.25) is 5.02 Å². The lowest BCUT2D eigenvalue weighted by Crippen LogP contribution is -1.98. The van der Waals surface area contributed by atoms with Crippen LogP contribution in [0, 0.1) is 0 Å². The van der Waals surface area contributed by atoms with Gasteiger partial charge >= 0.3 is 0 Å². The molecule has 2 aromatic carbocycles. The lowest BCUT2D eigenvalue weighted by molar-refractivity contribution is 0.303. The SMILES string of the molecule is Clc1ccc(OCc2ccccc2)c(CBr)c1Br. The van der Waals surface area contributed by atoms with Crippen molar-refractivity contribution in [2.45, 2.75) is 11.9 Å². The summed E-state index contributed by atoms with van der Waals surface area (Å²) < 4.78 is 6.71. The van der Waals surface area contributed by atoms with Crippen LogP contribution in [0.4, 0.5) is 0 Å². The molecule has 0 N–H and O–H groups in total. The van der Waals surface area contributed by atoms with Gasteiger partial charge in [-0.05, 0) is 33.6 Å². The van der Waals surface area contributed by atoms with Crippen molar-refractivity contribution in [2.75, 3.05) is 0 Å². The first-order chi connectivity index (χ1) is 8.72. The minimum Gasteiger partial charge on any atom is -0.489 e. The summed E-state index contributed by atoms with van der Waals surface area (Å²) in [4.78, 5) is 0. The molecule has 0 atom stereocenters. The summed E-state index contributed by atoms with van der Waals surface area (Å²) in [7, 11) is 0. The molecule has 0 spiro atoms. The Labute approximate surface area is 128 Å². The van der Waals surface area contributed by atoms with Gasteiger partial charge in [-0.3, -0.25) is 0 Å². The second-order valence-electron chi connectivity index (χ2n) is 3.75. The van der Waals surface area contributed by atoms with Crippen molar-refractivity contribution in [2.24, 2.45) is 0 Å². The molecule has 1 nitrogen and oxygen atoms in total. The summed E-state index contributed by atoms with van der Waals surface area (Å²) >= 11 is 13.0. The zero-order valence-corrected chi connectivity index (χ0v) is 13.4. The average Bonchev–Trinajstić information content (AvgIpc) is 2.41. The second-order valence-corrected chi connectivity index (χ2v) is 5.51. The summed E-state index contributed by atoms with van der Waals surface area (Å²) in [6.45, 7) is 0.551. The molecule has 4 heteroatoms. The van der Waals surface area contributed by atoms with Gasteiger partial charge in [0.05, 0.1) is 5.02 Å². The first kappa shape index (κ1) is 13.9. The molecule has 0 saturated carbocycles. The van der Waals surface area contributed by atoms with Gasteiger partial charge in [0.2, 0.25) is 0 Å². The number of hydrogen-bond acceptors (Lipinski definition) is 1. The lowest BCUT2D eigenvalue weighted by atomic mass is 10.2. The van der Waals surface area contributed by atoms with Gasteiger partial charge in [0.1, 0.15) is 12.4 Å². The van der Waals surface area contributed by atoms with E-state index in [4.69, 9.17) is 16.3 Å². The summed E-state index contributed by atoms with van der Waals surface area (Å²) in [6.07, 6.45) is 0. The molecule has 0 aliphatic carbocycles. The molecule has 2 rings (SSSR count). The Morgan fingerprint density at radius 2 is 1.78 bits per heavy atom. The molecule has 18 heavy (non-hydrogen) atoms. The van der Waals surface area contributed by atoms with E-state index < -0.39 is 0 Å². The van der Waals surface area contributed by atoms with Crippen molar-refractivity contribution < 1.29 is 4.74 Å². The topological polar surface area (TPSA) is 9.23 Å². The third-order valence-electron chi connectivity index (χ3n) is 2.52. The third-order valence-corrected chi connectivity index (χ3v) is 4.53. The first-order valence-corrected chi connectivity index (χ1v) is 7.71. The molecular formula is C14H11Br2ClO. The maximum Gasteiger partial charge on any atom is 0.125 e. The minimum absolute atomic E-state index is 0.551. The van der Waals surface area contributed by atoms with E-state index in [1.165, 1.54) is 0 Å². The molecule has 94 valence electrons. The van der Waals surface area contributed by atoms with Crippen molar-refractivity contribution in [3.63, 3.8) is 0 Å². The van der Waals surface area contributed by atoms with Crippen LogP contribution >= 0.6 is 43.5 Å². The molecule has 0 bridgehead atoms. The Bertz CT molecular complexity index is 529. The number of halogens is 3. The van der Waals surface area contributed by atoms with E-state index in [1.807, 2.05) is 42.5 Å². The molecule has 0 heterocycles. The highest BCUT2D eigenvalue weighted by Gasteiger charge is 2.10. The van der Waals surface area contributed by atoms with E-state index in [1.54, 1.807) is 0 Å². The number of rotatable bonds is 4. The van der Waals surface area contributed by atoms with E-state index in [0.29, 0.717) is 17.0 Å². The smallest absolute Gasteiger partial charge is 0.125 e. The molecule has 0 fully saturated rings. The maximum atomic E-state index is 6.06. The van der Waals surface area contributed by atoms with Crippen molar-refractivity contribution in [1.82, 2.24) is 0 Å². The fourth-order valence-electron chi connectivity index (χ4n) is 1.57. The zero-order chi connectivity index (χ0) is 13.0. The molecular weight excluding hydrogens is 379 g/mol. The van der Waals surface area contributed by atoms with Crippen LogP contribution in [0.3, 0.4) is 0 Å². The van der Waals surface area contributed by atoms with Crippen LogP contribution < -0.4 is 4.74 Å². The largest absolute Gasteiger partial charge is 0.489 e. The van der Waals surface area contributed by atoms with Crippen molar-refractivity contribution in [3.05, 3.63) is 63.1 Å². The normalized spacial score (nSPS) is 10.4. The van der Waals surface area contributed by atoms with Gasteiger partial charge in [-0.15, -0.1) is 0 Å². The lowest BCUT2D eigenvalue weighted by Gasteiger charge is -2.12. The summed E-state index contributed by atoms with van der Waals surface area (Å²) in [5, 5.41) is 1.38. The van der Waals surface area contributed by atoms with Crippen LogP contribution in [-0.2, 0) is 11.9 Å². The zero-order valence-electron chi connectivity index (χ0n) is 9.50. The molecule has 0 aliphatic heterocycles. The molecule has 2 aromatic rings. The van der Waals surface area contributed by atoms with E-state index >= 15 is 0 Å². The van der Waals surface area contributed by atoms with E-state index in [2.05, 4.69) is 31.9 Å². The molecule has 0 saturated heterocycles. The van der Waals surface area contributed by atoms with Gasteiger partial charge in [0.25, 0.3) is 0 Å². The van der Waals surface area contributed by atoms with Gasteiger partial charge in [-0.25, -0.2) is 0 Å². The van der Waals surface area contributed by atoms with Gasteiger partial charge in [0, 0.05) is 15.4 Å². The molecule has 0 radical (unpaired) electrons. The predicted octanol–water partition coefficient (Wildman–Crippen LogP) is 5.58. The summed E-state index contributed by atoms with van der Waals surface area (Å²) in [6, 6.07) is 13.8. The van der Waals surface area contributed by atoms with Crippen LogP contribution in [0.25, 0.3) is 0 Å². The average molecular weight is 391 g/mol. The number of benzene rings is 2. The van der Waals surface area contributed by atoms with Crippen molar-refractivity contribution in [1.29, 1.82) is 0 Å². The van der Waals surface area contributed by atoms with Crippen molar-refractivity contribution in [3.8, 4) is 5.75 Å². The first-order valence-electron chi connectivity index (χ1n) is 5.42. The van der Waals surface area contributed by atoms with Gasteiger partial charge in [0.15, 0.2) is 0 Å². The number of alkyl halides is 1. The highest BCUT2D eigenvalue weighted by molar-refractivity contribution is 9.10. The molecule has 0 aliphatic rings. The fraction of sp³-hybridized carbons (Fsp3) is 0.143. The van der Waals surface area contributed by atoms with Gasteiger partial charge < -0.3 is 4.74 Å². The van der Waals surface area contributed by atoms with Crippen LogP contribution in [0.15, 0.2) is 46.9 Å². The maximum absolute atomic E-state index is 6.06. The van der Waals surface area contributed by atoms with E-state index in [9.17, 15) is 0 Å². The van der Waals surface area contributed by atoms with E-state index in [0.717, 1.165) is 21.3 Å². The Morgan fingerprint density at radius 3 is 2.44 bits per heavy atom. The van der Waals surface area contributed by atoms with Gasteiger partial charge in [-0.1, -0.05) is 57.9 Å². The van der Waals surface area contributed by atoms with Crippen LogP contribution in [0.5, 0.6) is 5.75 Å². The third kappa shape index (κ3) is 3.28. The standard InChI is InChI=1S/C14H11Br2ClO/c15-8-11-13(7-6-12(17)14(11)16)18-9-10-4-2-1-3-5-10/h1-7H,8-9H2. The summed E-state index contributed by atoms with van der Waals surface area (Å²) in [5.74, 6) is 0.840. The monoisotopic (exact) mass is 388 g/mol. The second kappa shape index (κ2) is 6.60. The quantitative estimate of drug-likeness (QED) is 0.620. The number of ether oxygens (including phenoxy) is 1. The highest BCUT2D eigenvalue weighted by Crippen LogP contribution is 2.35. The molecule has 0 amide bonds. The highest BCUT2D eigenvalue weighted by atomic mass is 79.9. The van der Waals surface area contributed by atoms with Crippen molar-refractivity contribution >= 4 is 43.5 Å². The Morgan fingerprint density at radius 1 is 1.06 bits per heavy atom. The molecule has 0 unspecified atom stereocenters. The minimum atomic E-state index is 0.551. The number of hydrogen-bond donors (Lipinski definition) is 0. The Kier molecular flexibility index (Phi) is 5.10. The predicted molar refractivity (Wildman–Crippen MR) is 82.6 cm³/mol. The summed E-state index contributed by atoms with van der Waals surface area (Å²) in [5.41, 5.74) is 2.17. The van der Waals surface area contributed by atoms with Crippen LogP contribution in [-0.4, -0.2) is 0 Å². The Balaban J connectivity index is 2.17. The fourth-order valence-corrected chi connectivity index (χ4v) is 3.15. The van der Waals surface area contributed by atoms with E-state index in [-0.39, 0.29) is 0 Å². The van der Waals surface area contributed by atoms with Gasteiger partial charge in [-0.2, -0.15) is 0 Å². The molecule has 0 aromatic heterocycles. The Hall–Kier alpha value is -0.510. The van der Waals surface area contributed by atoms with Crippen LogP contribution in [0.1, 0.15) is 11.1 Å².